The smallest absolute Gasteiger partial charge is 0.328 e. The van der Waals surface area contributed by atoms with Crippen LogP contribution in [0.4, 0.5) is 0 Å². The third-order valence-corrected chi connectivity index (χ3v) is 3.54. The van der Waals surface area contributed by atoms with Crippen molar-refractivity contribution in [3.8, 4) is 0 Å². The highest BCUT2D eigenvalue weighted by Gasteiger charge is 2.17. The van der Waals surface area contributed by atoms with Gasteiger partial charge in [0.1, 0.15) is 0 Å². The van der Waals surface area contributed by atoms with Crippen LogP contribution in [0.2, 0.25) is 0 Å². The van der Waals surface area contributed by atoms with Gasteiger partial charge < -0.3 is 10.0 Å². The Kier molecular flexibility index (Phi) is 5.58. The number of rotatable bonds is 6. The molecule has 0 aromatic carbocycles. The Morgan fingerprint density at radius 1 is 1.50 bits per heavy atom. The van der Waals surface area contributed by atoms with Gasteiger partial charge in [-0.2, -0.15) is 0 Å². The van der Waals surface area contributed by atoms with E-state index in [9.17, 15) is 9.59 Å². The summed E-state index contributed by atoms with van der Waals surface area (Å²) in [5, 5.41) is 10.5. The summed E-state index contributed by atoms with van der Waals surface area (Å²) in [5.41, 5.74) is 0. The van der Waals surface area contributed by atoms with Crippen LogP contribution in [0.15, 0.2) is 29.7 Å². The lowest BCUT2D eigenvalue weighted by Crippen LogP contribution is -2.36. The van der Waals surface area contributed by atoms with E-state index in [1.54, 1.807) is 16.2 Å². The van der Waals surface area contributed by atoms with Crippen molar-refractivity contribution in [2.45, 2.75) is 32.9 Å². The average molecular weight is 267 g/mol. The van der Waals surface area contributed by atoms with E-state index in [-0.39, 0.29) is 11.9 Å². The number of aliphatic carboxylic acids is 1. The summed E-state index contributed by atoms with van der Waals surface area (Å²) >= 11 is 1.59. The van der Waals surface area contributed by atoms with Gasteiger partial charge in [0.05, 0.1) is 6.54 Å². The molecule has 1 N–H and O–H groups in total. The molecule has 1 amide bonds. The second-order valence-electron chi connectivity index (χ2n) is 3.97. The van der Waals surface area contributed by atoms with Gasteiger partial charge in [-0.25, -0.2) is 4.79 Å². The van der Waals surface area contributed by atoms with Gasteiger partial charge in [-0.3, -0.25) is 4.79 Å². The SMILES string of the molecule is CCC(C)N(Cc1cccs1)C(=O)/C=C/C(=O)O. The van der Waals surface area contributed by atoms with Crippen molar-refractivity contribution < 1.29 is 14.7 Å². The maximum atomic E-state index is 12.0. The molecule has 0 saturated heterocycles. The largest absolute Gasteiger partial charge is 0.478 e. The molecule has 0 aliphatic rings. The number of carboxylic acids is 1. The van der Waals surface area contributed by atoms with Crippen LogP contribution in [-0.2, 0) is 16.1 Å². The second kappa shape index (κ2) is 6.96. The first-order chi connectivity index (χ1) is 8.54. The van der Waals surface area contributed by atoms with Crippen molar-refractivity contribution in [3.63, 3.8) is 0 Å². The zero-order valence-corrected chi connectivity index (χ0v) is 11.3. The van der Waals surface area contributed by atoms with Crippen LogP contribution in [0, 0.1) is 0 Å². The molecule has 0 aliphatic carbocycles. The molecule has 1 heterocycles. The monoisotopic (exact) mass is 267 g/mol. The number of carbonyl (C=O) groups excluding carboxylic acids is 1. The Morgan fingerprint density at radius 3 is 2.72 bits per heavy atom. The van der Waals surface area contributed by atoms with E-state index in [1.165, 1.54) is 0 Å². The van der Waals surface area contributed by atoms with Crippen molar-refractivity contribution in [1.82, 2.24) is 4.90 Å². The highest BCUT2D eigenvalue weighted by molar-refractivity contribution is 7.09. The molecule has 4 nitrogen and oxygen atoms in total. The Morgan fingerprint density at radius 2 is 2.22 bits per heavy atom. The van der Waals surface area contributed by atoms with Crippen LogP contribution in [0.1, 0.15) is 25.1 Å². The second-order valence-corrected chi connectivity index (χ2v) is 5.01. The fourth-order valence-electron chi connectivity index (χ4n) is 1.48. The molecule has 5 heteroatoms. The summed E-state index contributed by atoms with van der Waals surface area (Å²) in [6, 6.07) is 3.98. The molecule has 0 saturated carbocycles. The number of carbonyl (C=O) groups is 2. The summed E-state index contributed by atoms with van der Waals surface area (Å²) in [7, 11) is 0. The molecule has 1 unspecified atom stereocenters. The molecule has 0 fully saturated rings. The predicted octanol–water partition coefficient (Wildman–Crippen LogP) is 2.52. The van der Waals surface area contributed by atoms with Crippen molar-refractivity contribution in [1.29, 1.82) is 0 Å². The molecule has 1 rings (SSSR count). The molecule has 0 aliphatic heterocycles. The maximum Gasteiger partial charge on any atom is 0.328 e. The van der Waals surface area contributed by atoms with E-state index >= 15 is 0 Å². The predicted molar refractivity (Wildman–Crippen MR) is 71.4 cm³/mol. The van der Waals surface area contributed by atoms with Gasteiger partial charge in [-0.15, -0.1) is 11.3 Å². The van der Waals surface area contributed by atoms with Crippen LogP contribution < -0.4 is 0 Å². The number of amides is 1. The molecule has 1 aromatic rings. The molecule has 1 aromatic heterocycles. The number of hydrogen-bond donors (Lipinski definition) is 1. The van der Waals surface area contributed by atoms with Gasteiger partial charge >= 0.3 is 5.97 Å². The minimum atomic E-state index is -1.11. The third-order valence-electron chi connectivity index (χ3n) is 2.68. The lowest BCUT2D eigenvalue weighted by atomic mass is 10.2. The van der Waals surface area contributed by atoms with Gasteiger partial charge in [0.25, 0.3) is 0 Å². The first-order valence-corrected chi connectivity index (χ1v) is 6.66. The highest BCUT2D eigenvalue weighted by atomic mass is 32.1. The van der Waals surface area contributed by atoms with E-state index in [2.05, 4.69) is 0 Å². The highest BCUT2D eigenvalue weighted by Crippen LogP contribution is 2.15. The van der Waals surface area contributed by atoms with Crippen molar-refractivity contribution >= 4 is 23.2 Å². The van der Waals surface area contributed by atoms with Gasteiger partial charge in [-0.1, -0.05) is 13.0 Å². The van der Waals surface area contributed by atoms with E-state index in [0.29, 0.717) is 6.54 Å². The minimum Gasteiger partial charge on any atom is -0.478 e. The molecule has 0 spiro atoms. The molecular formula is C13H17NO3S. The summed E-state index contributed by atoms with van der Waals surface area (Å²) in [6.07, 6.45) is 2.83. The summed E-state index contributed by atoms with van der Waals surface area (Å²) in [5.74, 6) is -1.37. The first-order valence-electron chi connectivity index (χ1n) is 5.78. The quantitative estimate of drug-likeness (QED) is 0.806. The Balaban J connectivity index is 2.78. The van der Waals surface area contributed by atoms with Crippen LogP contribution in [-0.4, -0.2) is 27.9 Å². The average Bonchev–Trinajstić information content (AvgIpc) is 2.85. The van der Waals surface area contributed by atoms with E-state index in [0.717, 1.165) is 23.5 Å². The van der Waals surface area contributed by atoms with Crippen LogP contribution in [0.5, 0.6) is 0 Å². The number of hydrogen-bond acceptors (Lipinski definition) is 3. The first kappa shape index (κ1) is 14.4. The zero-order chi connectivity index (χ0) is 13.5. The molecule has 98 valence electrons. The Bertz CT molecular complexity index is 425. The van der Waals surface area contributed by atoms with E-state index < -0.39 is 5.97 Å². The van der Waals surface area contributed by atoms with E-state index in [1.807, 2.05) is 31.4 Å². The lowest BCUT2D eigenvalue weighted by molar-refractivity contribution is -0.133. The standard InChI is InChI=1S/C13H17NO3S/c1-3-10(2)14(9-11-5-4-8-18-11)12(15)6-7-13(16)17/h4-8,10H,3,9H2,1-2H3,(H,16,17)/b7-6+. The molecule has 18 heavy (non-hydrogen) atoms. The van der Waals surface area contributed by atoms with Crippen molar-refractivity contribution in [2.24, 2.45) is 0 Å². The molecule has 0 radical (unpaired) electrons. The van der Waals surface area contributed by atoms with Crippen LogP contribution >= 0.6 is 11.3 Å². The molecule has 1 atom stereocenters. The zero-order valence-electron chi connectivity index (χ0n) is 10.5. The minimum absolute atomic E-state index is 0.0815. The normalized spacial score (nSPS) is 12.6. The Hall–Kier alpha value is -1.62. The van der Waals surface area contributed by atoms with E-state index in [4.69, 9.17) is 5.11 Å². The molecule has 0 bridgehead atoms. The Labute approximate surface area is 111 Å². The fourth-order valence-corrected chi connectivity index (χ4v) is 2.18. The summed E-state index contributed by atoms with van der Waals surface area (Å²) in [4.78, 5) is 25.2. The fraction of sp³-hybridized carbons (Fsp3) is 0.385. The topological polar surface area (TPSA) is 57.6 Å². The van der Waals surface area contributed by atoms with Crippen molar-refractivity contribution in [2.75, 3.05) is 0 Å². The van der Waals surface area contributed by atoms with Gasteiger partial charge in [0, 0.05) is 23.1 Å². The summed E-state index contributed by atoms with van der Waals surface area (Å²) in [6.45, 7) is 4.48. The molecular weight excluding hydrogens is 250 g/mol. The summed E-state index contributed by atoms with van der Waals surface area (Å²) < 4.78 is 0. The third kappa shape index (κ3) is 4.33. The van der Waals surface area contributed by atoms with Gasteiger partial charge in [0.2, 0.25) is 5.91 Å². The number of carboxylic acid groups (broad SMARTS) is 1. The van der Waals surface area contributed by atoms with Crippen LogP contribution in [0.25, 0.3) is 0 Å². The van der Waals surface area contributed by atoms with Gasteiger partial charge in [-0.05, 0) is 24.8 Å². The lowest BCUT2D eigenvalue weighted by Gasteiger charge is -2.27. The van der Waals surface area contributed by atoms with Crippen molar-refractivity contribution in [3.05, 3.63) is 34.5 Å². The maximum absolute atomic E-state index is 12.0. The van der Waals surface area contributed by atoms with Crippen LogP contribution in [0.3, 0.4) is 0 Å². The van der Waals surface area contributed by atoms with Gasteiger partial charge in [0.15, 0.2) is 0 Å². The number of nitrogens with zero attached hydrogens (tertiary/aromatic N) is 1. The number of thiophene rings is 1.